The zero-order valence-corrected chi connectivity index (χ0v) is 15.4. The van der Waals surface area contributed by atoms with Crippen LogP contribution < -0.4 is 9.47 Å². The highest BCUT2D eigenvalue weighted by Crippen LogP contribution is 2.36. The normalized spacial score (nSPS) is 19.1. The smallest absolute Gasteiger partial charge is 0.254 e. The average molecular weight is 355 g/mol. The molecule has 1 saturated heterocycles. The van der Waals surface area contributed by atoms with Crippen LogP contribution >= 0.6 is 0 Å². The zero-order valence-electron chi connectivity index (χ0n) is 15.4. The van der Waals surface area contributed by atoms with Gasteiger partial charge in [-0.2, -0.15) is 0 Å². The summed E-state index contributed by atoms with van der Waals surface area (Å²) >= 11 is 0. The van der Waals surface area contributed by atoms with Crippen molar-refractivity contribution in [3.63, 3.8) is 0 Å². The van der Waals surface area contributed by atoms with Crippen LogP contribution in [0.3, 0.4) is 0 Å². The van der Waals surface area contributed by atoms with Crippen LogP contribution in [0.25, 0.3) is 0 Å². The molecule has 1 amide bonds. The number of ether oxygens (including phenoxy) is 2. The molecule has 2 atom stereocenters. The summed E-state index contributed by atoms with van der Waals surface area (Å²) in [5, 5.41) is 11.3. The van der Waals surface area contributed by atoms with Gasteiger partial charge in [0.1, 0.15) is 17.1 Å². The first kappa shape index (κ1) is 18.3. The van der Waals surface area contributed by atoms with Gasteiger partial charge in [-0.1, -0.05) is 18.2 Å². The van der Waals surface area contributed by atoms with Crippen LogP contribution in [0.5, 0.6) is 11.5 Å². The van der Waals surface area contributed by atoms with Gasteiger partial charge in [-0.3, -0.25) is 4.79 Å². The summed E-state index contributed by atoms with van der Waals surface area (Å²) in [7, 11) is 3.19. The molecule has 1 aliphatic heterocycles. The van der Waals surface area contributed by atoms with E-state index in [1.807, 2.05) is 30.3 Å². The van der Waals surface area contributed by atoms with E-state index in [0.717, 1.165) is 24.2 Å². The van der Waals surface area contributed by atoms with E-state index in [4.69, 9.17) is 9.47 Å². The number of aliphatic hydroxyl groups is 1. The van der Waals surface area contributed by atoms with Crippen LogP contribution in [0.15, 0.2) is 48.5 Å². The van der Waals surface area contributed by atoms with Gasteiger partial charge in [-0.15, -0.1) is 0 Å². The van der Waals surface area contributed by atoms with Crippen LogP contribution in [0.2, 0.25) is 0 Å². The molecule has 3 rings (SSSR count). The van der Waals surface area contributed by atoms with E-state index in [0.29, 0.717) is 17.9 Å². The molecule has 0 spiro atoms. The number of hydrogen-bond acceptors (Lipinski definition) is 4. The second-order valence-electron chi connectivity index (χ2n) is 6.76. The number of carbonyl (C=O) groups excluding carboxylic acids is 1. The fourth-order valence-corrected chi connectivity index (χ4v) is 3.64. The molecule has 0 aromatic heterocycles. The van der Waals surface area contributed by atoms with Crippen molar-refractivity contribution >= 4 is 5.91 Å². The second-order valence-corrected chi connectivity index (χ2v) is 6.76. The van der Waals surface area contributed by atoms with Crippen molar-refractivity contribution in [2.24, 2.45) is 0 Å². The second kappa shape index (κ2) is 7.38. The molecule has 0 saturated carbocycles. The Balaban J connectivity index is 1.87. The summed E-state index contributed by atoms with van der Waals surface area (Å²) in [4.78, 5) is 14.8. The summed E-state index contributed by atoms with van der Waals surface area (Å²) in [5.74, 6) is 1.30. The monoisotopic (exact) mass is 355 g/mol. The number of nitrogens with zero attached hydrogens (tertiary/aromatic N) is 1. The lowest BCUT2D eigenvalue weighted by molar-refractivity contribution is -0.0177. The van der Waals surface area contributed by atoms with Crippen molar-refractivity contribution in [3.8, 4) is 11.5 Å². The molecular formula is C21H25NO4. The first-order valence-electron chi connectivity index (χ1n) is 8.79. The van der Waals surface area contributed by atoms with Crippen molar-refractivity contribution in [1.29, 1.82) is 0 Å². The molecule has 5 nitrogen and oxygen atoms in total. The maximum Gasteiger partial charge on any atom is 0.254 e. The predicted octanol–water partition coefficient (Wildman–Crippen LogP) is 3.22. The Morgan fingerprint density at radius 2 is 1.81 bits per heavy atom. The minimum atomic E-state index is -1.14. The van der Waals surface area contributed by atoms with Crippen molar-refractivity contribution < 1.29 is 19.4 Å². The molecular weight excluding hydrogens is 330 g/mol. The van der Waals surface area contributed by atoms with Gasteiger partial charge in [-0.05, 0) is 55.7 Å². The van der Waals surface area contributed by atoms with Crippen molar-refractivity contribution in [2.75, 3.05) is 20.8 Å². The summed E-state index contributed by atoms with van der Waals surface area (Å²) < 4.78 is 10.4. The third-order valence-electron chi connectivity index (χ3n) is 5.15. The molecule has 1 aliphatic rings. The number of rotatable bonds is 5. The third-order valence-corrected chi connectivity index (χ3v) is 5.15. The fourth-order valence-electron chi connectivity index (χ4n) is 3.64. The van der Waals surface area contributed by atoms with Gasteiger partial charge >= 0.3 is 0 Å². The van der Waals surface area contributed by atoms with Gasteiger partial charge in [0.25, 0.3) is 5.91 Å². The first-order chi connectivity index (χ1) is 12.5. The number of benzene rings is 2. The molecule has 0 aliphatic carbocycles. The van der Waals surface area contributed by atoms with E-state index in [1.165, 1.54) is 0 Å². The molecule has 26 heavy (non-hydrogen) atoms. The van der Waals surface area contributed by atoms with Crippen molar-refractivity contribution in [2.45, 2.75) is 31.4 Å². The molecule has 138 valence electrons. The SMILES string of the molecule is COc1ccc([C@](C)(O)[C@H]2CCCN2C(=O)c2cccc(OC)c2)cc1. The summed E-state index contributed by atoms with van der Waals surface area (Å²) in [6, 6.07) is 14.2. The minimum absolute atomic E-state index is 0.0832. The molecule has 5 heteroatoms. The molecule has 1 fully saturated rings. The standard InChI is InChI=1S/C21H25NO4/c1-21(24,16-9-11-17(25-2)12-10-16)19-8-5-13-22(19)20(23)15-6-4-7-18(14-15)26-3/h4,6-7,9-12,14,19,24H,5,8,13H2,1-3H3/t19-,21+/m1/s1. The third kappa shape index (κ3) is 3.40. The molecule has 2 aromatic carbocycles. The zero-order chi connectivity index (χ0) is 18.7. The molecule has 0 radical (unpaired) electrons. The Morgan fingerprint density at radius 3 is 2.46 bits per heavy atom. The maximum absolute atomic E-state index is 13.0. The van der Waals surface area contributed by atoms with E-state index >= 15 is 0 Å². The number of carbonyl (C=O) groups is 1. The Labute approximate surface area is 154 Å². The molecule has 2 aromatic rings. The number of likely N-dealkylation sites (tertiary alicyclic amines) is 1. The average Bonchev–Trinajstić information content (AvgIpc) is 3.18. The van der Waals surface area contributed by atoms with E-state index in [1.54, 1.807) is 44.2 Å². The first-order valence-corrected chi connectivity index (χ1v) is 8.79. The van der Waals surface area contributed by atoms with Gasteiger partial charge in [-0.25, -0.2) is 0 Å². The quantitative estimate of drug-likeness (QED) is 0.895. The van der Waals surface area contributed by atoms with Gasteiger partial charge in [0.15, 0.2) is 0 Å². The summed E-state index contributed by atoms with van der Waals surface area (Å²) in [5.41, 5.74) is 0.201. The fraction of sp³-hybridized carbons (Fsp3) is 0.381. The number of amides is 1. The lowest BCUT2D eigenvalue weighted by Gasteiger charge is -2.37. The highest BCUT2D eigenvalue weighted by molar-refractivity contribution is 5.95. The van der Waals surface area contributed by atoms with Gasteiger partial charge in [0, 0.05) is 12.1 Å². The Morgan fingerprint density at radius 1 is 1.12 bits per heavy atom. The van der Waals surface area contributed by atoms with Crippen LogP contribution in [0.4, 0.5) is 0 Å². The molecule has 0 bridgehead atoms. The van der Waals surface area contributed by atoms with Crippen LogP contribution in [0.1, 0.15) is 35.7 Å². The van der Waals surface area contributed by atoms with E-state index in [-0.39, 0.29) is 11.9 Å². The largest absolute Gasteiger partial charge is 0.497 e. The predicted molar refractivity (Wildman–Crippen MR) is 99.6 cm³/mol. The molecule has 1 heterocycles. The summed E-state index contributed by atoms with van der Waals surface area (Å²) in [6.07, 6.45) is 1.63. The van der Waals surface area contributed by atoms with E-state index in [2.05, 4.69) is 0 Å². The van der Waals surface area contributed by atoms with Crippen LogP contribution in [0, 0.1) is 0 Å². The number of methoxy groups -OCH3 is 2. The number of hydrogen-bond donors (Lipinski definition) is 1. The van der Waals surface area contributed by atoms with E-state index < -0.39 is 5.60 Å². The van der Waals surface area contributed by atoms with Gasteiger partial charge < -0.3 is 19.5 Å². The van der Waals surface area contributed by atoms with Crippen molar-refractivity contribution in [1.82, 2.24) is 4.90 Å². The maximum atomic E-state index is 13.0. The Hall–Kier alpha value is -2.53. The molecule has 0 unspecified atom stereocenters. The Kier molecular flexibility index (Phi) is 5.18. The topological polar surface area (TPSA) is 59.0 Å². The van der Waals surface area contributed by atoms with E-state index in [9.17, 15) is 9.90 Å². The Bertz CT molecular complexity index is 770. The lowest BCUT2D eigenvalue weighted by atomic mass is 9.86. The van der Waals surface area contributed by atoms with Crippen LogP contribution in [-0.2, 0) is 5.60 Å². The molecule has 1 N–H and O–H groups in total. The van der Waals surface area contributed by atoms with Gasteiger partial charge in [0.05, 0.1) is 20.3 Å². The highest BCUT2D eigenvalue weighted by Gasteiger charge is 2.42. The minimum Gasteiger partial charge on any atom is -0.497 e. The van der Waals surface area contributed by atoms with Gasteiger partial charge in [0.2, 0.25) is 0 Å². The van der Waals surface area contributed by atoms with Crippen molar-refractivity contribution in [3.05, 3.63) is 59.7 Å². The summed E-state index contributed by atoms with van der Waals surface area (Å²) in [6.45, 7) is 2.41. The van der Waals surface area contributed by atoms with Crippen LogP contribution in [-0.4, -0.2) is 42.7 Å². The highest BCUT2D eigenvalue weighted by atomic mass is 16.5. The lowest BCUT2D eigenvalue weighted by Crippen LogP contribution is -2.48.